The van der Waals surface area contributed by atoms with E-state index in [1.165, 1.54) is 0 Å². The molecular weight excluding hydrogens is 328 g/mol. The number of nitrogens with zero attached hydrogens (tertiary/aromatic N) is 1. The molecule has 4 rings (SSSR count). The van der Waals surface area contributed by atoms with Crippen LogP contribution in [-0.4, -0.2) is 6.03 Å². The third-order valence-electron chi connectivity index (χ3n) is 4.27. The van der Waals surface area contributed by atoms with Gasteiger partial charge in [0.25, 0.3) is 0 Å². The van der Waals surface area contributed by atoms with Crippen molar-refractivity contribution in [2.75, 3.05) is 4.90 Å². The average molecular weight is 346 g/mol. The summed E-state index contributed by atoms with van der Waals surface area (Å²) in [4.78, 5) is 17.1. The number of carbonyl (C=O) groups is 1. The van der Waals surface area contributed by atoms with Crippen LogP contribution in [-0.2, 0) is 0 Å². The molecule has 2 amide bonds. The van der Waals surface area contributed by atoms with Crippen LogP contribution in [0.15, 0.2) is 88.7 Å². The van der Waals surface area contributed by atoms with Gasteiger partial charge in [0, 0.05) is 9.79 Å². The monoisotopic (exact) mass is 346 g/mol. The van der Waals surface area contributed by atoms with Gasteiger partial charge >= 0.3 is 6.03 Å². The fourth-order valence-corrected chi connectivity index (χ4v) is 4.06. The van der Waals surface area contributed by atoms with Crippen molar-refractivity contribution in [3.05, 3.63) is 84.4 Å². The molecule has 0 unspecified atom stereocenters. The lowest BCUT2D eigenvalue weighted by Crippen LogP contribution is -2.39. The van der Waals surface area contributed by atoms with Crippen LogP contribution in [0.5, 0.6) is 0 Å². The highest BCUT2D eigenvalue weighted by Crippen LogP contribution is 2.47. The Morgan fingerprint density at radius 2 is 1.36 bits per heavy atom. The second-order valence-corrected chi connectivity index (χ2v) is 7.04. The summed E-state index contributed by atoms with van der Waals surface area (Å²) in [7, 11) is 0. The zero-order chi connectivity index (χ0) is 17.2. The Balaban J connectivity index is 1.68. The van der Waals surface area contributed by atoms with Gasteiger partial charge in [-0.3, -0.25) is 4.90 Å². The maximum atomic E-state index is 13.1. The molecule has 3 aromatic carbocycles. The van der Waals surface area contributed by atoms with Gasteiger partial charge in [-0.05, 0) is 36.8 Å². The van der Waals surface area contributed by atoms with Crippen molar-refractivity contribution in [3.63, 3.8) is 0 Å². The summed E-state index contributed by atoms with van der Waals surface area (Å²) >= 11 is 1.70. The van der Waals surface area contributed by atoms with E-state index in [0.717, 1.165) is 26.7 Å². The number of hydrogen-bond donors (Lipinski definition) is 1. The Labute approximate surface area is 151 Å². The van der Waals surface area contributed by atoms with Crippen LogP contribution in [0.25, 0.3) is 0 Å². The lowest BCUT2D eigenvalue weighted by Gasteiger charge is -2.32. The molecule has 4 heteroatoms. The number of fused-ring (bicyclic) bond motifs is 2. The van der Waals surface area contributed by atoms with Crippen molar-refractivity contribution in [1.29, 1.82) is 0 Å². The average Bonchev–Trinajstić information content (AvgIpc) is 2.66. The molecule has 0 aliphatic carbocycles. The van der Waals surface area contributed by atoms with E-state index in [0.29, 0.717) is 0 Å². The molecule has 0 saturated heterocycles. The second-order valence-electron chi connectivity index (χ2n) is 5.95. The lowest BCUT2D eigenvalue weighted by atomic mass is 10.1. The van der Waals surface area contributed by atoms with Gasteiger partial charge < -0.3 is 5.32 Å². The van der Waals surface area contributed by atoms with Gasteiger partial charge in [0.15, 0.2) is 0 Å². The van der Waals surface area contributed by atoms with Gasteiger partial charge in [-0.15, -0.1) is 0 Å². The van der Waals surface area contributed by atoms with E-state index in [1.807, 2.05) is 73.7 Å². The zero-order valence-electron chi connectivity index (χ0n) is 13.8. The number of anilines is 2. The molecule has 0 aromatic heterocycles. The highest BCUT2D eigenvalue weighted by molar-refractivity contribution is 7.99. The first kappa shape index (κ1) is 15.8. The first-order chi connectivity index (χ1) is 12.2. The minimum atomic E-state index is -0.114. The molecule has 1 atom stereocenters. The van der Waals surface area contributed by atoms with E-state index in [-0.39, 0.29) is 12.1 Å². The van der Waals surface area contributed by atoms with Gasteiger partial charge in [0.2, 0.25) is 0 Å². The van der Waals surface area contributed by atoms with E-state index >= 15 is 0 Å². The predicted octanol–water partition coefficient (Wildman–Crippen LogP) is 5.76. The summed E-state index contributed by atoms with van der Waals surface area (Å²) in [6.07, 6.45) is 0. The molecule has 0 spiro atoms. The smallest absolute Gasteiger partial charge is 0.327 e. The van der Waals surface area contributed by atoms with Crippen LogP contribution in [0.4, 0.5) is 16.2 Å². The number of rotatable bonds is 2. The summed E-state index contributed by atoms with van der Waals surface area (Å²) < 4.78 is 0. The van der Waals surface area contributed by atoms with E-state index in [1.54, 1.807) is 16.7 Å². The molecule has 3 nitrogen and oxygen atoms in total. The quantitative estimate of drug-likeness (QED) is 0.640. The number of urea groups is 1. The van der Waals surface area contributed by atoms with Gasteiger partial charge in [-0.2, -0.15) is 0 Å². The Morgan fingerprint density at radius 3 is 1.96 bits per heavy atom. The molecule has 25 heavy (non-hydrogen) atoms. The van der Waals surface area contributed by atoms with Crippen molar-refractivity contribution < 1.29 is 4.79 Å². The molecule has 3 aromatic rings. The number of carbonyl (C=O) groups excluding carboxylic acids is 1. The van der Waals surface area contributed by atoms with Crippen molar-refractivity contribution in [2.45, 2.75) is 22.8 Å². The second kappa shape index (κ2) is 6.65. The lowest BCUT2D eigenvalue weighted by molar-refractivity contribution is 0.245. The van der Waals surface area contributed by atoms with Crippen LogP contribution in [0, 0.1) is 0 Å². The highest BCUT2D eigenvalue weighted by atomic mass is 32.2. The Hall–Kier alpha value is -2.72. The van der Waals surface area contributed by atoms with Crippen molar-refractivity contribution >= 4 is 29.2 Å². The molecule has 0 fully saturated rings. The van der Waals surface area contributed by atoms with Crippen LogP contribution in [0.1, 0.15) is 18.5 Å². The first-order valence-corrected chi connectivity index (χ1v) is 9.07. The fraction of sp³-hybridized carbons (Fsp3) is 0.0952. The Bertz CT molecular complexity index is 865. The van der Waals surface area contributed by atoms with E-state index in [2.05, 4.69) is 17.4 Å². The summed E-state index contributed by atoms with van der Waals surface area (Å²) in [6.45, 7) is 2.00. The Morgan fingerprint density at radius 1 is 0.840 bits per heavy atom. The largest absolute Gasteiger partial charge is 0.331 e. The van der Waals surface area contributed by atoms with Crippen molar-refractivity contribution in [1.82, 2.24) is 5.32 Å². The van der Waals surface area contributed by atoms with Crippen molar-refractivity contribution in [2.24, 2.45) is 0 Å². The summed E-state index contributed by atoms with van der Waals surface area (Å²) in [5, 5.41) is 3.13. The van der Waals surface area contributed by atoms with Gasteiger partial charge in [-0.25, -0.2) is 4.79 Å². The van der Waals surface area contributed by atoms with Crippen LogP contribution in [0.2, 0.25) is 0 Å². The number of para-hydroxylation sites is 2. The fourth-order valence-electron chi connectivity index (χ4n) is 3.00. The van der Waals surface area contributed by atoms with Gasteiger partial charge in [-0.1, -0.05) is 66.4 Å². The minimum Gasteiger partial charge on any atom is -0.331 e. The summed E-state index contributed by atoms with van der Waals surface area (Å²) in [6, 6.07) is 25.8. The molecule has 124 valence electrons. The molecule has 0 radical (unpaired) electrons. The van der Waals surface area contributed by atoms with E-state index < -0.39 is 0 Å². The highest BCUT2D eigenvalue weighted by Gasteiger charge is 2.28. The zero-order valence-corrected chi connectivity index (χ0v) is 14.7. The topological polar surface area (TPSA) is 32.3 Å². The number of benzene rings is 3. The summed E-state index contributed by atoms with van der Waals surface area (Å²) in [5.41, 5.74) is 2.93. The van der Waals surface area contributed by atoms with Crippen LogP contribution in [0.3, 0.4) is 0 Å². The molecule has 0 bridgehead atoms. The van der Waals surface area contributed by atoms with Crippen LogP contribution >= 0.6 is 11.8 Å². The molecule has 0 saturated carbocycles. The minimum absolute atomic E-state index is 0.0670. The van der Waals surface area contributed by atoms with Gasteiger partial charge in [0.1, 0.15) is 0 Å². The van der Waals surface area contributed by atoms with Crippen LogP contribution < -0.4 is 10.2 Å². The van der Waals surface area contributed by atoms with E-state index in [4.69, 9.17) is 0 Å². The maximum absolute atomic E-state index is 13.1. The van der Waals surface area contributed by atoms with E-state index in [9.17, 15) is 4.79 Å². The Kier molecular flexibility index (Phi) is 4.20. The molecule has 1 aliphatic rings. The molecule has 1 aliphatic heterocycles. The molecule has 1 heterocycles. The van der Waals surface area contributed by atoms with Crippen molar-refractivity contribution in [3.8, 4) is 0 Å². The van der Waals surface area contributed by atoms with Gasteiger partial charge in [0.05, 0.1) is 17.4 Å². The summed E-state index contributed by atoms with van der Waals surface area (Å²) in [5.74, 6) is 0. The standard InChI is InChI=1S/C21H18N2OS/c1-15(16-9-3-2-4-10-16)22-21(24)23-17-11-5-7-13-19(17)25-20-14-8-6-12-18(20)23/h2-15H,1H3,(H,22,24)/t15-/m1/s1. The normalized spacial score (nSPS) is 13.6. The molecule has 1 N–H and O–H groups in total. The maximum Gasteiger partial charge on any atom is 0.327 e. The first-order valence-electron chi connectivity index (χ1n) is 8.25. The third kappa shape index (κ3) is 3.01. The number of hydrogen-bond acceptors (Lipinski definition) is 2. The molecular formula is C21H18N2OS. The predicted molar refractivity (Wildman–Crippen MR) is 103 cm³/mol. The number of amides is 2. The third-order valence-corrected chi connectivity index (χ3v) is 5.41. The number of nitrogens with one attached hydrogen (secondary N) is 1. The SMILES string of the molecule is C[C@@H](NC(=O)N1c2ccccc2Sc2ccccc21)c1ccccc1.